The average molecular weight is 282 g/mol. The summed E-state index contributed by atoms with van der Waals surface area (Å²) in [5, 5.41) is 17.4. The molecule has 0 bridgehead atoms. The van der Waals surface area contributed by atoms with Gasteiger partial charge in [-0.3, -0.25) is 4.68 Å². The molecule has 6 heteroatoms. The summed E-state index contributed by atoms with van der Waals surface area (Å²) >= 11 is 0. The Hall–Kier alpha value is -2.89. The Morgan fingerprint density at radius 1 is 1.33 bits per heavy atom. The standard InChI is InChI=1S/C15H14N4O2/c1-19-10(6-7-17-19)9-16-13-8-14(15(20)21)18-12-5-3-2-4-11(12)13/h2-8H,9H2,1H3,(H,16,18)(H,20,21). The van der Waals surface area contributed by atoms with Gasteiger partial charge in [-0.05, 0) is 18.2 Å². The first-order valence-electron chi connectivity index (χ1n) is 6.49. The predicted octanol–water partition coefficient (Wildman–Crippen LogP) is 2.28. The highest BCUT2D eigenvalue weighted by atomic mass is 16.4. The summed E-state index contributed by atoms with van der Waals surface area (Å²) in [4.78, 5) is 15.3. The molecule has 0 unspecified atom stereocenters. The molecule has 1 aromatic carbocycles. The summed E-state index contributed by atoms with van der Waals surface area (Å²) in [6.45, 7) is 0.559. The molecular formula is C15H14N4O2. The van der Waals surface area contributed by atoms with Gasteiger partial charge in [-0.25, -0.2) is 9.78 Å². The lowest BCUT2D eigenvalue weighted by Crippen LogP contribution is -2.08. The van der Waals surface area contributed by atoms with Gasteiger partial charge in [-0.2, -0.15) is 5.10 Å². The van der Waals surface area contributed by atoms with Crippen LogP contribution in [-0.4, -0.2) is 25.8 Å². The van der Waals surface area contributed by atoms with Crippen molar-refractivity contribution in [3.63, 3.8) is 0 Å². The lowest BCUT2D eigenvalue weighted by Gasteiger charge is -2.11. The summed E-state index contributed by atoms with van der Waals surface area (Å²) in [6.07, 6.45) is 1.73. The Labute approximate surface area is 121 Å². The summed E-state index contributed by atoms with van der Waals surface area (Å²) in [7, 11) is 1.87. The monoisotopic (exact) mass is 282 g/mol. The number of fused-ring (bicyclic) bond motifs is 1. The van der Waals surface area contributed by atoms with Crippen molar-refractivity contribution in [2.24, 2.45) is 7.05 Å². The minimum Gasteiger partial charge on any atom is -0.477 e. The zero-order chi connectivity index (χ0) is 14.8. The maximum atomic E-state index is 11.2. The smallest absolute Gasteiger partial charge is 0.354 e. The summed E-state index contributed by atoms with van der Waals surface area (Å²) in [5.41, 5.74) is 2.44. The molecule has 0 amide bonds. The minimum atomic E-state index is -1.04. The average Bonchev–Trinajstić information content (AvgIpc) is 2.89. The number of pyridine rings is 1. The molecule has 0 spiro atoms. The van der Waals surface area contributed by atoms with Gasteiger partial charge in [0.2, 0.25) is 0 Å². The number of carboxylic acid groups (broad SMARTS) is 1. The van der Waals surface area contributed by atoms with E-state index in [1.54, 1.807) is 23.0 Å². The van der Waals surface area contributed by atoms with Gasteiger partial charge >= 0.3 is 5.97 Å². The fourth-order valence-electron chi connectivity index (χ4n) is 2.19. The Morgan fingerprint density at radius 2 is 2.14 bits per heavy atom. The molecule has 0 aliphatic heterocycles. The van der Waals surface area contributed by atoms with Gasteiger partial charge in [0.15, 0.2) is 5.69 Å². The third-order valence-corrected chi connectivity index (χ3v) is 3.32. The maximum absolute atomic E-state index is 11.2. The highest BCUT2D eigenvalue weighted by molar-refractivity contribution is 5.97. The van der Waals surface area contributed by atoms with Crippen LogP contribution >= 0.6 is 0 Å². The number of para-hydroxylation sites is 1. The molecule has 2 heterocycles. The molecule has 0 atom stereocenters. The number of rotatable bonds is 4. The Balaban J connectivity index is 1.99. The van der Waals surface area contributed by atoms with E-state index in [0.29, 0.717) is 12.1 Å². The van der Waals surface area contributed by atoms with Crippen molar-refractivity contribution in [1.29, 1.82) is 0 Å². The molecule has 21 heavy (non-hydrogen) atoms. The number of nitrogens with one attached hydrogen (secondary N) is 1. The van der Waals surface area contributed by atoms with Gasteiger partial charge < -0.3 is 10.4 Å². The van der Waals surface area contributed by atoms with Crippen LogP contribution in [0.3, 0.4) is 0 Å². The van der Waals surface area contributed by atoms with Crippen LogP contribution < -0.4 is 5.32 Å². The molecule has 106 valence electrons. The Bertz CT molecular complexity index is 810. The number of aromatic carboxylic acids is 1. The van der Waals surface area contributed by atoms with Crippen molar-refractivity contribution in [3.8, 4) is 0 Å². The van der Waals surface area contributed by atoms with Gasteiger partial charge in [-0.15, -0.1) is 0 Å². The second-order valence-corrected chi connectivity index (χ2v) is 4.68. The molecule has 0 saturated heterocycles. The first-order valence-corrected chi connectivity index (χ1v) is 6.49. The second-order valence-electron chi connectivity index (χ2n) is 4.68. The first-order chi connectivity index (χ1) is 10.1. The van der Waals surface area contributed by atoms with E-state index in [2.05, 4.69) is 15.4 Å². The molecule has 0 radical (unpaired) electrons. The normalized spacial score (nSPS) is 10.7. The van der Waals surface area contributed by atoms with Crippen LogP contribution in [0.2, 0.25) is 0 Å². The van der Waals surface area contributed by atoms with Crippen LogP contribution in [0, 0.1) is 0 Å². The molecule has 3 aromatic rings. The van der Waals surface area contributed by atoms with Crippen LogP contribution in [0.15, 0.2) is 42.6 Å². The van der Waals surface area contributed by atoms with Crippen LogP contribution in [0.4, 0.5) is 5.69 Å². The molecule has 0 aliphatic rings. The van der Waals surface area contributed by atoms with Gasteiger partial charge in [0.1, 0.15) is 0 Å². The van der Waals surface area contributed by atoms with E-state index in [0.717, 1.165) is 16.8 Å². The van der Waals surface area contributed by atoms with Crippen molar-refractivity contribution < 1.29 is 9.90 Å². The van der Waals surface area contributed by atoms with Crippen LogP contribution in [0.25, 0.3) is 10.9 Å². The van der Waals surface area contributed by atoms with Crippen molar-refractivity contribution in [2.75, 3.05) is 5.32 Å². The van der Waals surface area contributed by atoms with E-state index >= 15 is 0 Å². The quantitative estimate of drug-likeness (QED) is 0.767. The third-order valence-electron chi connectivity index (χ3n) is 3.32. The molecule has 6 nitrogen and oxygen atoms in total. The van der Waals surface area contributed by atoms with E-state index < -0.39 is 5.97 Å². The number of carbonyl (C=O) groups is 1. The zero-order valence-electron chi connectivity index (χ0n) is 11.4. The lowest BCUT2D eigenvalue weighted by atomic mass is 10.1. The Morgan fingerprint density at radius 3 is 2.86 bits per heavy atom. The molecule has 0 aliphatic carbocycles. The van der Waals surface area contributed by atoms with Gasteiger partial charge in [0.25, 0.3) is 0 Å². The molecule has 2 N–H and O–H groups in total. The van der Waals surface area contributed by atoms with E-state index in [1.807, 2.05) is 31.3 Å². The van der Waals surface area contributed by atoms with Gasteiger partial charge in [-0.1, -0.05) is 18.2 Å². The van der Waals surface area contributed by atoms with Gasteiger partial charge in [0, 0.05) is 24.3 Å². The van der Waals surface area contributed by atoms with Crippen molar-refractivity contribution in [1.82, 2.24) is 14.8 Å². The topological polar surface area (TPSA) is 80.0 Å². The number of anilines is 1. The highest BCUT2D eigenvalue weighted by Gasteiger charge is 2.10. The van der Waals surface area contributed by atoms with E-state index in [1.165, 1.54) is 0 Å². The number of aryl methyl sites for hydroxylation is 1. The largest absolute Gasteiger partial charge is 0.477 e. The molecule has 0 saturated carbocycles. The van der Waals surface area contributed by atoms with E-state index in [-0.39, 0.29) is 5.69 Å². The first kappa shape index (κ1) is 13.1. The molecule has 3 rings (SSSR count). The number of carboxylic acids is 1. The van der Waals surface area contributed by atoms with Crippen LogP contribution in [-0.2, 0) is 13.6 Å². The number of aromatic nitrogens is 3. The third kappa shape index (κ3) is 2.55. The SMILES string of the molecule is Cn1nccc1CNc1cc(C(=O)O)nc2ccccc12. The van der Waals surface area contributed by atoms with Crippen molar-refractivity contribution >= 4 is 22.6 Å². The number of nitrogens with zero attached hydrogens (tertiary/aromatic N) is 3. The minimum absolute atomic E-state index is 0.0289. The molecule has 0 fully saturated rings. The zero-order valence-corrected chi connectivity index (χ0v) is 11.4. The highest BCUT2D eigenvalue weighted by Crippen LogP contribution is 2.23. The summed E-state index contributed by atoms with van der Waals surface area (Å²) < 4.78 is 1.77. The van der Waals surface area contributed by atoms with Crippen LogP contribution in [0.5, 0.6) is 0 Å². The molecular weight excluding hydrogens is 268 g/mol. The predicted molar refractivity (Wildman–Crippen MR) is 79.2 cm³/mol. The van der Waals surface area contributed by atoms with Gasteiger partial charge in [0.05, 0.1) is 17.8 Å². The fourth-order valence-corrected chi connectivity index (χ4v) is 2.19. The van der Waals surface area contributed by atoms with E-state index in [4.69, 9.17) is 5.11 Å². The fraction of sp³-hybridized carbons (Fsp3) is 0.133. The number of benzene rings is 1. The number of hydrogen-bond donors (Lipinski definition) is 2. The Kier molecular flexibility index (Phi) is 3.27. The number of hydrogen-bond acceptors (Lipinski definition) is 4. The van der Waals surface area contributed by atoms with Crippen molar-refractivity contribution in [2.45, 2.75) is 6.54 Å². The molecule has 2 aromatic heterocycles. The van der Waals surface area contributed by atoms with E-state index in [9.17, 15) is 4.79 Å². The lowest BCUT2D eigenvalue weighted by molar-refractivity contribution is 0.0691. The summed E-state index contributed by atoms with van der Waals surface area (Å²) in [5.74, 6) is -1.04. The maximum Gasteiger partial charge on any atom is 0.354 e. The van der Waals surface area contributed by atoms with Crippen molar-refractivity contribution in [3.05, 3.63) is 54.0 Å². The summed E-state index contributed by atoms with van der Waals surface area (Å²) in [6, 6.07) is 10.9. The second kappa shape index (κ2) is 5.24. The van der Waals surface area contributed by atoms with Crippen LogP contribution in [0.1, 0.15) is 16.2 Å².